The van der Waals surface area contributed by atoms with Gasteiger partial charge in [-0.1, -0.05) is 57.2 Å². The first-order valence-corrected chi connectivity index (χ1v) is 16.3. The number of hydrogen-bond donors (Lipinski definition) is 3. The Morgan fingerprint density at radius 1 is 1.12 bits per heavy atom. The van der Waals surface area contributed by atoms with Crippen LogP contribution in [0.2, 0.25) is 0 Å². The lowest BCUT2D eigenvalue weighted by molar-refractivity contribution is -0.119. The minimum Gasteiger partial charge on any atom is -0.494 e. The predicted octanol–water partition coefficient (Wildman–Crippen LogP) is 3.55. The predicted molar refractivity (Wildman–Crippen MR) is 183 cm³/mol. The van der Waals surface area contributed by atoms with Gasteiger partial charge in [-0.2, -0.15) is 0 Å². The molecule has 2 bridgehead atoms. The molecule has 1 heterocycles. The molecule has 0 aromatic carbocycles. The Morgan fingerprint density at radius 2 is 1.81 bits per heavy atom. The molecule has 1 aliphatic carbocycles. The average molecular weight is 675 g/mol. The van der Waals surface area contributed by atoms with Crippen LogP contribution in [0.4, 0.5) is 4.79 Å². The van der Waals surface area contributed by atoms with Crippen molar-refractivity contribution in [2.75, 3.05) is 47.6 Å². The zero-order valence-electron chi connectivity index (χ0n) is 29.8. The lowest BCUT2D eigenvalue weighted by Gasteiger charge is -2.30. The molecule has 0 saturated heterocycles. The topological polar surface area (TPSA) is 171 Å². The Bertz CT molecular complexity index is 1310. The van der Waals surface area contributed by atoms with Gasteiger partial charge in [-0.3, -0.25) is 9.59 Å². The number of allylic oxidation sites excluding steroid dienone is 4. The van der Waals surface area contributed by atoms with E-state index >= 15 is 0 Å². The molecule has 4 N–H and O–H groups in total. The molecule has 2 rings (SSSR count). The van der Waals surface area contributed by atoms with E-state index in [-0.39, 0.29) is 35.1 Å². The summed E-state index contributed by atoms with van der Waals surface area (Å²) in [5, 5.41) is 18.4. The highest BCUT2D eigenvalue weighted by molar-refractivity contribution is 6.24. The van der Waals surface area contributed by atoms with Gasteiger partial charge in [-0.05, 0) is 57.3 Å². The monoisotopic (exact) mass is 674 g/mol. The van der Waals surface area contributed by atoms with E-state index in [9.17, 15) is 19.5 Å². The van der Waals surface area contributed by atoms with Gasteiger partial charge in [0.15, 0.2) is 11.9 Å². The lowest BCUT2D eigenvalue weighted by atomic mass is 9.85. The number of amides is 2. The van der Waals surface area contributed by atoms with Crippen molar-refractivity contribution in [3.8, 4) is 0 Å². The van der Waals surface area contributed by atoms with E-state index in [1.54, 1.807) is 38.2 Å². The molecule has 1 aliphatic heterocycles. The van der Waals surface area contributed by atoms with Gasteiger partial charge in [0.05, 0.1) is 25.0 Å². The van der Waals surface area contributed by atoms with E-state index in [0.29, 0.717) is 30.7 Å². The summed E-state index contributed by atoms with van der Waals surface area (Å²) < 4.78 is 22.4. The summed E-state index contributed by atoms with van der Waals surface area (Å²) in [5.41, 5.74) is 6.88. The maximum absolute atomic E-state index is 13.9. The van der Waals surface area contributed by atoms with Gasteiger partial charge in [0.2, 0.25) is 5.78 Å². The van der Waals surface area contributed by atoms with Crippen molar-refractivity contribution in [1.82, 2.24) is 10.2 Å². The number of nitrogens with zero attached hydrogens (tertiary/aromatic N) is 2. The third kappa shape index (κ3) is 11.4. The third-order valence-electron chi connectivity index (χ3n) is 8.52. The Kier molecular flexibility index (Phi) is 16.7. The molecule has 0 fully saturated rings. The van der Waals surface area contributed by atoms with Gasteiger partial charge in [0.1, 0.15) is 18.4 Å². The second-order valence-electron chi connectivity index (χ2n) is 12.1. The summed E-state index contributed by atoms with van der Waals surface area (Å²) in [4.78, 5) is 46.8. The van der Waals surface area contributed by atoms with Crippen LogP contribution in [0, 0.1) is 11.8 Å². The quantitative estimate of drug-likeness (QED) is 0.135. The minimum absolute atomic E-state index is 0.0187. The number of Topliss-reactive ketones (excluding diaryl/α,β-unsaturated/α-hetero) is 1. The van der Waals surface area contributed by atoms with E-state index in [4.69, 9.17) is 29.5 Å². The van der Waals surface area contributed by atoms with Crippen LogP contribution < -0.4 is 11.1 Å². The molecule has 0 saturated carbocycles. The van der Waals surface area contributed by atoms with Crippen LogP contribution in [0.15, 0.2) is 63.7 Å². The highest BCUT2D eigenvalue weighted by Crippen LogP contribution is 2.30. The molecule has 2 aliphatic rings. The van der Waals surface area contributed by atoms with E-state index in [2.05, 4.69) is 29.2 Å². The normalized spacial score (nSPS) is 30.1. The zero-order chi connectivity index (χ0) is 36.0. The number of primary amides is 1. The summed E-state index contributed by atoms with van der Waals surface area (Å²) in [6.07, 6.45) is 4.38. The van der Waals surface area contributed by atoms with E-state index in [1.165, 1.54) is 27.4 Å². The smallest absolute Gasteiger partial charge is 0.405 e. The van der Waals surface area contributed by atoms with Gasteiger partial charge < -0.3 is 44.8 Å². The fraction of sp³-hybridized carbons (Fsp3) is 0.600. The van der Waals surface area contributed by atoms with Crippen molar-refractivity contribution in [3.05, 3.63) is 58.6 Å². The first kappa shape index (κ1) is 40.4. The number of methoxy groups -OCH3 is 3. The highest BCUT2D eigenvalue weighted by Gasteiger charge is 2.33. The summed E-state index contributed by atoms with van der Waals surface area (Å²) in [5.74, 6) is -1.29. The van der Waals surface area contributed by atoms with Crippen molar-refractivity contribution in [2.24, 2.45) is 22.7 Å². The minimum atomic E-state index is -0.990. The molecule has 268 valence electrons. The average Bonchev–Trinajstić information content (AvgIpc) is 3.05. The largest absolute Gasteiger partial charge is 0.494 e. The van der Waals surface area contributed by atoms with Crippen molar-refractivity contribution in [1.29, 1.82) is 0 Å². The molecular weight excluding hydrogens is 620 g/mol. The van der Waals surface area contributed by atoms with E-state index < -0.39 is 48.1 Å². The summed E-state index contributed by atoms with van der Waals surface area (Å²) in [7, 11) is 4.42. The van der Waals surface area contributed by atoms with Gasteiger partial charge in [0.25, 0.3) is 5.91 Å². The van der Waals surface area contributed by atoms with Crippen molar-refractivity contribution >= 4 is 23.5 Å². The molecular formula is C35H54N4O9. The molecule has 13 nitrogen and oxygen atoms in total. The number of rotatable bonds is 10. The van der Waals surface area contributed by atoms with Crippen LogP contribution in [-0.2, 0) is 33.4 Å². The molecule has 48 heavy (non-hydrogen) atoms. The number of ketones is 1. The third-order valence-corrected chi connectivity index (χ3v) is 8.52. The molecule has 13 heteroatoms. The fourth-order valence-electron chi connectivity index (χ4n) is 5.69. The molecule has 0 aromatic rings. The lowest BCUT2D eigenvalue weighted by Crippen LogP contribution is -2.37. The summed E-state index contributed by atoms with van der Waals surface area (Å²) >= 11 is 0. The van der Waals surface area contributed by atoms with Crippen LogP contribution in [-0.4, -0.2) is 105 Å². The van der Waals surface area contributed by atoms with Crippen LogP contribution in [0.5, 0.6) is 0 Å². The van der Waals surface area contributed by atoms with Crippen molar-refractivity contribution in [2.45, 2.75) is 78.8 Å². The Morgan fingerprint density at radius 3 is 2.40 bits per heavy atom. The second-order valence-corrected chi connectivity index (χ2v) is 12.1. The molecule has 6 atom stereocenters. The van der Waals surface area contributed by atoms with Crippen LogP contribution in [0.1, 0.15) is 54.4 Å². The number of ether oxygens (including phenoxy) is 4. The number of aliphatic hydroxyl groups excluding tert-OH is 1. The van der Waals surface area contributed by atoms with E-state index in [0.717, 1.165) is 13.1 Å². The number of nitrogens with one attached hydrogen (secondary N) is 1. The summed E-state index contributed by atoms with van der Waals surface area (Å²) in [6.45, 7) is 14.0. The number of carbonyl (C=O) groups is 3. The Hall–Kier alpha value is -3.78. The Labute approximate surface area is 284 Å². The molecule has 0 radical (unpaired) electrons. The molecule has 0 spiro atoms. The van der Waals surface area contributed by atoms with Crippen LogP contribution >= 0.6 is 0 Å². The number of hydrogen-bond acceptors (Lipinski definition) is 11. The first-order valence-electron chi connectivity index (χ1n) is 16.3. The number of likely N-dealkylation sites (N-methyl/N-ethyl adjacent to an activating group) is 1. The highest BCUT2D eigenvalue weighted by atomic mass is 16.6. The standard InChI is InChI=1S/C35H54N4O9/c1-10-39(11-2)15-16-47-38-27-20-26-31(41)25(33(27)46-9)17-21(3)18-29(45-8)30(40)23(5)19-24(6)32(48-35(36)43)28(44-7)14-12-13-22(4)34(42)37-26/h12-14,19-21,23,28-30,32,40H,10-11,15-18H2,1-9H3,(H2,36,43)(H,37,42)/b14-12-,22-13+,24-19+,38-27+/t21-,23+,28+,29+,30-,32+/m1/s1. The zero-order valence-corrected chi connectivity index (χ0v) is 29.8. The number of oxime groups is 1. The fourth-order valence-corrected chi connectivity index (χ4v) is 5.69. The van der Waals surface area contributed by atoms with E-state index in [1.807, 2.05) is 13.8 Å². The number of fused-ring (bicyclic) bond motifs is 2. The second kappa shape index (κ2) is 19.9. The maximum Gasteiger partial charge on any atom is 0.405 e. The maximum atomic E-state index is 13.9. The van der Waals surface area contributed by atoms with Gasteiger partial charge >= 0.3 is 6.09 Å². The van der Waals surface area contributed by atoms with Gasteiger partial charge in [0, 0.05) is 37.8 Å². The molecule has 0 aromatic heterocycles. The molecule has 0 unspecified atom stereocenters. The number of nitrogens with two attached hydrogens (primary N) is 1. The van der Waals surface area contributed by atoms with Crippen molar-refractivity contribution < 1.29 is 43.3 Å². The van der Waals surface area contributed by atoms with Crippen LogP contribution in [0.25, 0.3) is 0 Å². The summed E-state index contributed by atoms with van der Waals surface area (Å²) in [6, 6.07) is 0. The SMILES string of the molecule is CCN(CC)CCO/N=C1\C=C2NC(=O)/C(C)=C/C=C\[C@H](OC)[C@@H](OC(N)=O)/C(C)=C/[C@H](C)[C@@H](O)[C@@H](OC)C[C@H](C)CC(=C1OC)C2=O. The number of carbonyl (C=O) groups excluding carboxylic acids is 3. The van der Waals surface area contributed by atoms with Crippen molar-refractivity contribution in [3.63, 3.8) is 0 Å². The molecule has 2 amide bonds. The Balaban J connectivity index is 2.64. The van der Waals surface area contributed by atoms with Gasteiger partial charge in [-0.25, -0.2) is 4.79 Å². The number of aliphatic hydroxyl groups is 1. The van der Waals surface area contributed by atoms with Crippen LogP contribution in [0.3, 0.4) is 0 Å². The van der Waals surface area contributed by atoms with Gasteiger partial charge in [-0.15, -0.1) is 0 Å². The first-order chi connectivity index (χ1) is 22.8.